The molecule has 0 bridgehead atoms. The van der Waals surface area contributed by atoms with Crippen LogP contribution in [0.15, 0.2) is 43.0 Å². The smallest absolute Gasteiger partial charge is 0.328 e. The summed E-state index contributed by atoms with van der Waals surface area (Å²) in [5.74, 6) is -1.16. The van der Waals surface area contributed by atoms with Crippen LogP contribution in [0.25, 0.3) is 6.08 Å². The summed E-state index contributed by atoms with van der Waals surface area (Å²) in [7, 11) is 0. The molecule has 0 fully saturated rings. The summed E-state index contributed by atoms with van der Waals surface area (Å²) in [5.41, 5.74) is 1.32. The molecule has 0 aliphatic rings. The molecule has 0 saturated heterocycles. The number of carbonyl (C=O) groups excluding carboxylic acids is 1. The van der Waals surface area contributed by atoms with E-state index < -0.39 is 5.97 Å². The highest BCUT2D eigenvalue weighted by atomic mass is 16.4. The van der Waals surface area contributed by atoms with Gasteiger partial charge in [0.05, 0.1) is 6.54 Å². The molecular formula is C14H14N4O3. The standard InChI is InChI=1S/C14H14N4O3/c19-13(6-7-18-10-15-9-16-18)17-12-3-1-2-11(8-12)4-5-14(20)21/h1-5,8-10H,6-7H2,(H,17,19)(H,20,21)/b5-4+. The number of nitrogens with zero attached hydrogens (tertiary/aromatic N) is 3. The van der Waals surface area contributed by atoms with E-state index in [0.29, 0.717) is 17.8 Å². The molecule has 108 valence electrons. The number of amides is 1. The molecule has 21 heavy (non-hydrogen) atoms. The van der Waals surface area contributed by atoms with Gasteiger partial charge in [-0.05, 0) is 23.8 Å². The van der Waals surface area contributed by atoms with Gasteiger partial charge in [-0.1, -0.05) is 12.1 Å². The summed E-state index contributed by atoms with van der Waals surface area (Å²) >= 11 is 0. The van der Waals surface area contributed by atoms with Crippen molar-refractivity contribution in [3.05, 3.63) is 48.6 Å². The van der Waals surface area contributed by atoms with Gasteiger partial charge in [0.1, 0.15) is 12.7 Å². The minimum absolute atomic E-state index is 0.148. The number of hydrogen-bond acceptors (Lipinski definition) is 4. The Bertz CT molecular complexity index is 650. The topological polar surface area (TPSA) is 97.1 Å². The molecule has 2 N–H and O–H groups in total. The number of aromatic nitrogens is 3. The molecule has 1 aromatic heterocycles. The number of aliphatic carboxylic acids is 1. The predicted molar refractivity (Wildman–Crippen MR) is 76.4 cm³/mol. The second-order valence-corrected chi connectivity index (χ2v) is 4.25. The molecule has 0 aliphatic heterocycles. The van der Waals surface area contributed by atoms with Crippen molar-refractivity contribution in [3.8, 4) is 0 Å². The molecule has 0 radical (unpaired) electrons. The predicted octanol–water partition coefficient (Wildman–Crippen LogP) is 1.40. The number of carboxylic acid groups (broad SMARTS) is 1. The molecule has 1 amide bonds. The first-order chi connectivity index (χ1) is 10.1. The number of rotatable bonds is 6. The van der Waals surface area contributed by atoms with Crippen LogP contribution in [-0.2, 0) is 16.1 Å². The van der Waals surface area contributed by atoms with E-state index in [2.05, 4.69) is 15.4 Å². The van der Waals surface area contributed by atoms with E-state index in [-0.39, 0.29) is 12.3 Å². The van der Waals surface area contributed by atoms with E-state index in [1.54, 1.807) is 35.3 Å². The van der Waals surface area contributed by atoms with E-state index in [0.717, 1.165) is 6.08 Å². The molecule has 0 aliphatic carbocycles. The van der Waals surface area contributed by atoms with Gasteiger partial charge in [0.25, 0.3) is 0 Å². The maximum absolute atomic E-state index is 11.8. The van der Waals surface area contributed by atoms with E-state index in [4.69, 9.17) is 5.11 Å². The highest BCUT2D eigenvalue weighted by Gasteiger charge is 2.03. The van der Waals surface area contributed by atoms with Crippen molar-refractivity contribution in [2.24, 2.45) is 0 Å². The van der Waals surface area contributed by atoms with Crippen molar-refractivity contribution in [2.45, 2.75) is 13.0 Å². The number of carboxylic acids is 1. The van der Waals surface area contributed by atoms with Gasteiger partial charge in [-0.25, -0.2) is 9.78 Å². The molecular weight excluding hydrogens is 272 g/mol. The lowest BCUT2D eigenvalue weighted by atomic mass is 10.2. The van der Waals surface area contributed by atoms with Crippen LogP contribution in [0, 0.1) is 0 Å². The molecule has 0 unspecified atom stereocenters. The van der Waals surface area contributed by atoms with Gasteiger partial charge in [0, 0.05) is 18.2 Å². The summed E-state index contributed by atoms with van der Waals surface area (Å²) in [5, 5.41) is 15.2. The second-order valence-electron chi connectivity index (χ2n) is 4.25. The fourth-order valence-electron chi connectivity index (χ4n) is 1.68. The van der Waals surface area contributed by atoms with Crippen molar-refractivity contribution >= 4 is 23.6 Å². The Morgan fingerprint density at radius 3 is 2.95 bits per heavy atom. The first-order valence-corrected chi connectivity index (χ1v) is 6.27. The highest BCUT2D eigenvalue weighted by molar-refractivity contribution is 5.91. The van der Waals surface area contributed by atoms with Gasteiger partial charge in [0.15, 0.2) is 0 Å². The number of aryl methyl sites for hydroxylation is 1. The Kier molecular flexibility index (Phi) is 4.81. The lowest BCUT2D eigenvalue weighted by Gasteiger charge is -2.06. The van der Waals surface area contributed by atoms with Gasteiger partial charge in [0.2, 0.25) is 5.91 Å². The normalized spacial score (nSPS) is 10.7. The van der Waals surface area contributed by atoms with Crippen molar-refractivity contribution in [1.29, 1.82) is 0 Å². The van der Waals surface area contributed by atoms with Crippen LogP contribution in [0.2, 0.25) is 0 Å². The van der Waals surface area contributed by atoms with E-state index in [1.807, 2.05) is 0 Å². The number of nitrogens with one attached hydrogen (secondary N) is 1. The maximum Gasteiger partial charge on any atom is 0.328 e. The number of anilines is 1. The Morgan fingerprint density at radius 1 is 1.38 bits per heavy atom. The first kappa shape index (κ1) is 14.4. The molecule has 0 atom stereocenters. The molecule has 0 spiro atoms. The van der Waals surface area contributed by atoms with Crippen LogP contribution >= 0.6 is 0 Å². The lowest BCUT2D eigenvalue weighted by Crippen LogP contribution is -2.14. The number of carbonyl (C=O) groups is 2. The third-order valence-corrected chi connectivity index (χ3v) is 2.62. The summed E-state index contributed by atoms with van der Waals surface area (Å²) in [6.07, 6.45) is 5.75. The molecule has 7 heteroatoms. The van der Waals surface area contributed by atoms with E-state index in [1.165, 1.54) is 12.4 Å². The summed E-state index contributed by atoms with van der Waals surface area (Å²) in [6, 6.07) is 6.94. The lowest BCUT2D eigenvalue weighted by molar-refractivity contribution is -0.131. The Labute approximate surface area is 120 Å². The van der Waals surface area contributed by atoms with Crippen LogP contribution in [0.4, 0.5) is 5.69 Å². The maximum atomic E-state index is 11.8. The average molecular weight is 286 g/mol. The second kappa shape index (κ2) is 6.99. The molecule has 2 rings (SSSR count). The van der Waals surface area contributed by atoms with E-state index >= 15 is 0 Å². The van der Waals surface area contributed by atoms with Crippen LogP contribution in [-0.4, -0.2) is 31.7 Å². The first-order valence-electron chi connectivity index (χ1n) is 6.27. The zero-order valence-corrected chi connectivity index (χ0v) is 11.1. The third-order valence-electron chi connectivity index (χ3n) is 2.62. The average Bonchev–Trinajstić information content (AvgIpc) is 2.97. The SMILES string of the molecule is O=C(O)/C=C/c1cccc(NC(=O)CCn2cncn2)c1. The highest BCUT2D eigenvalue weighted by Crippen LogP contribution is 2.12. The van der Waals surface area contributed by atoms with Gasteiger partial charge >= 0.3 is 5.97 Å². The summed E-state index contributed by atoms with van der Waals surface area (Å²) < 4.78 is 1.58. The van der Waals surface area contributed by atoms with Crippen LogP contribution in [0.5, 0.6) is 0 Å². The van der Waals surface area contributed by atoms with Gasteiger partial charge in [-0.2, -0.15) is 5.10 Å². The monoisotopic (exact) mass is 286 g/mol. The molecule has 7 nitrogen and oxygen atoms in total. The van der Waals surface area contributed by atoms with Crippen molar-refractivity contribution in [1.82, 2.24) is 14.8 Å². The Morgan fingerprint density at radius 2 is 2.24 bits per heavy atom. The zero-order valence-electron chi connectivity index (χ0n) is 11.1. The summed E-state index contributed by atoms with van der Waals surface area (Å²) in [4.78, 5) is 26.1. The quantitative estimate of drug-likeness (QED) is 0.782. The fraction of sp³-hybridized carbons (Fsp3) is 0.143. The summed E-state index contributed by atoms with van der Waals surface area (Å²) in [6.45, 7) is 0.449. The molecule has 1 heterocycles. The number of benzene rings is 1. The van der Waals surface area contributed by atoms with Crippen LogP contribution in [0.3, 0.4) is 0 Å². The largest absolute Gasteiger partial charge is 0.478 e. The zero-order chi connectivity index (χ0) is 15.1. The van der Waals surface area contributed by atoms with Gasteiger partial charge in [-0.15, -0.1) is 0 Å². The van der Waals surface area contributed by atoms with Crippen molar-refractivity contribution in [3.63, 3.8) is 0 Å². The van der Waals surface area contributed by atoms with Crippen molar-refractivity contribution < 1.29 is 14.7 Å². The van der Waals surface area contributed by atoms with Crippen LogP contribution < -0.4 is 5.32 Å². The Hall–Kier alpha value is -2.96. The van der Waals surface area contributed by atoms with Gasteiger partial charge < -0.3 is 10.4 Å². The fourth-order valence-corrected chi connectivity index (χ4v) is 1.68. The van der Waals surface area contributed by atoms with Gasteiger partial charge in [-0.3, -0.25) is 9.48 Å². The van der Waals surface area contributed by atoms with E-state index in [9.17, 15) is 9.59 Å². The third kappa shape index (κ3) is 4.90. The molecule has 1 aromatic carbocycles. The van der Waals surface area contributed by atoms with Crippen molar-refractivity contribution in [2.75, 3.05) is 5.32 Å². The Balaban J connectivity index is 1.91. The minimum atomic E-state index is -1.02. The van der Waals surface area contributed by atoms with Crippen LogP contribution in [0.1, 0.15) is 12.0 Å². The number of hydrogen-bond donors (Lipinski definition) is 2. The molecule has 0 saturated carbocycles. The molecule has 2 aromatic rings. The minimum Gasteiger partial charge on any atom is -0.478 e.